The average Bonchev–Trinajstić information content (AvgIpc) is 3.96. The lowest BCUT2D eigenvalue weighted by atomic mass is 9.91. The number of methoxy groups -OCH3 is 1. The van der Waals surface area contributed by atoms with Crippen LogP contribution in [-0.2, 0) is 26.1 Å². The van der Waals surface area contributed by atoms with Crippen molar-refractivity contribution in [3.8, 4) is 17.2 Å². The number of ether oxygens (including phenoxy) is 3. The fraction of sp³-hybridized carbons (Fsp3) is 0.467. The van der Waals surface area contributed by atoms with Crippen molar-refractivity contribution in [3.63, 3.8) is 0 Å². The summed E-state index contributed by atoms with van der Waals surface area (Å²) < 4.78 is 24.9. The first-order valence-corrected chi connectivity index (χ1v) is 25.5. The molecule has 1 fully saturated rings. The number of aromatic nitrogens is 1. The van der Waals surface area contributed by atoms with Gasteiger partial charge in [-0.25, -0.2) is 4.79 Å². The highest BCUT2D eigenvalue weighted by Crippen LogP contribution is 2.42. The molecule has 0 spiro atoms. The molecule has 5 aromatic rings. The monoisotopic (exact) mass is 895 g/mol. The maximum absolute atomic E-state index is 13.4. The van der Waals surface area contributed by atoms with Gasteiger partial charge in [0.1, 0.15) is 23.4 Å². The van der Waals surface area contributed by atoms with E-state index in [9.17, 15) is 19.8 Å². The van der Waals surface area contributed by atoms with Gasteiger partial charge in [0, 0.05) is 48.8 Å². The van der Waals surface area contributed by atoms with Gasteiger partial charge >= 0.3 is 5.97 Å². The molecular weight excluding hydrogens is 838 g/mol. The van der Waals surface area contributed by atoms with Gasteiger partial charge < -0.3 is 44.1 Å². The average molecular weight is 897 g/mol. The number of aliphatic hydroxyl groups is 1. The summed E-state index contributed by atoms with van der Waals surface area (Å²) in [6, 6.07) is 17.9. The van der Waals surface area contributed by atoms with Crippen LogP contribution in [0.5, 0.6) is 17.2 Å². The molecule has 6 rings (SSSR count). The number of phenolic OH excluding ortho intramolecular Hbond substituents is 1. The predicted octanol–water partition coefficient (Wildman–Crippen LogP) is 9.36. The molecule has 0 radical (unpaired) electrons. The number of carbonyl (C=O) groups is 1. The number of carbonyl (C=O) groups excluding carboxylic acids is 1. The standard InChI is InChI=1S/C45H58ClN3O8S2Si/c1-44(2,3)60(6,7)57-38(32-17-19-35(50)42-33(32)18-20-41(51)48-42)28-47-27-29-25-34(46)37(26-36(29)54-5)55-22-10-21-49(4)30-13-15-31(16-14-30)56-43(52)45(53,39-11-8-23-58-39)40-12-9-24-59-40/h8-9,11-12,17-20,23-26,30-31,38,47,50,53H,10,13-16,21-22,27-28H2,1-7H3,(H,48,51)/t30?,31?,38-/m0/s1. The Morgan fingerprint density at radius 3 is 2.32 bits per heavy atom. The number of esters is 1. The summed E-state index contributed by atoms with van der Waals surface area (Å²) in [5.41, 5.74) is 0.0476. The van der Waals surface area contributed by atoms with E-state index in [0.29, 0.717) is 57.5 Å². The van der Waals surface area contributed by atoms with Crippen LogP contribution in [-0.4, -0.2) is 80.4 Å². The smallest absolute Gasteiger partial charge is 0.349 e. The minimum Gasteiger partial charge on any atom is -0.506 e. The third-order valence-electron chi connectivity index (χ3n) is 12.0. The number of thiophene rings is 2. The van der Waals surface area contributed by atoms with Crippen LogP contribution in [0.4, 0.5) is 0 Å². The summed E-state index contributed by atoms with van der Waals surface area (Å²) >= 11 is 9.48. The van der Waals surface area contributed by atoms with Crippen molar-refractivity contribution < 1.29 is 33.6 Å². The Morgan fingerprint density at radius 1 is 1.02 bits per heavy atom. The molecular formula is C45H58ClN3O8S2Si. The number of hydrogen-bond acceptors (Lipinski definition) is 12. The van der Waals surface area contributed by atoms with Crippen LogP contribution in [0.25, 0.3) is 10.9 Å². The highest BCUT2D eigenvalue weighted by atomic mass is 35.5. The van der Waals surface area contributed by atoms with Gasteiger partial charge in [0.05, 0.1) is 40.1 Å². The zero-order valence-electron chi connectivity index (χ0n) is 35.5. The van der Waals surface area contributed by atoms with Gasteiger partial charge in [-0.1, -0.05) is 50.6 Å². The van der Waals surface area contributed by atoms with E-state index in [1.54, 1.807) is 31.4 Å². The van der Waals surface area contributed by atoms with Crippen LogP contribution in [0.1, 0.15) is 79.9 Å². The number of nitrogens with one attached hydrogen (secondary N) is 2. The third kappa shape index (κ3) is 10.5. The molecule has 4 N–H and O–H groups in total. The summed E-state index contributed by atoms with van der Waals surface area (Å²) in [6.45, 7) is 13.2. The first-order chi connectivity index (χ1) is 28.5. The topological polar surface area (TPSA) is 143 Å². The second kappa shape index (κ2) is 19.5. The Morgan fingerprint density at radius 2 is 1.70 bits per heavy atom. The van der Waals surface area contributed by atoms with Gasteiger partial charge in [-0.05, 0) is 104 Å². The molecule has 0 amide bonds. The first kappa shape index (κ1) is 45.8. The maximum Gasteiger partial charge on any atom is 0.349 e. The van der Waals surface area contributed by atoms with Gasteiger partial charge in [-0.15, -0.1) is 22.7 Å². The number of nitrogens with zero attached hydrogens (tertiary/aromatic N) is 1. The fourth-order valence-corrected chi connectivity index (χ4v) is 10.7. The van der Waals surface area contributed by atoms with E-state index >= 15 is 0 Å². The van der Waals surface area contributed by atoms with Crippen LogP contribution < -0.4 is 20.3 Å². The molecule has 2 aromatic carbocycles. The number of phenols is 1. The predicted molar refractivity (Wildman–Crippen MR) is 243 cm³/mol. The lowest BCUT2D eigenvalue weighted by Crippen LogP contribution is -2.43. The number of H-pyrrole nitrogens is 1. The summed E-state index contributed by atoms with van der Waals surface area (Å²) in [5.74, 6) is 0.599. The fourth-order valence-electron chi connectivity index (χ4n) is 7.45. The first-order valence-electron chi connectivity index (χ1n) is 20.5. The third-order valence-corrected chi connectivity index (χ3v) is 18.7. The van der Waals surface area contributed by atoms with E-state index < -0.39 is 19.9 Å². The van der Waals surface area contributed by atoms with Gasteiger partial charge in [-0.3, -0.25) is 4.79 Å². The largest absolute Gasteiger partial charge is 0.506 e. The Labute approximate surface area is 366 Å². The van der Waals surface area contributed by atoms with E-state index in [1.165, 1.54) is 28.7 Å². The van der Waals surface area contributed by atoms with Crippen molar-refractivity contribution in [2.45, 2.75) is 101 Å². The molecule has 11 nitrogen and oxygen atoms in total. The molecule has 324 valence electrons. The van der Waals surface area contributed by atoms with E-state index in [4.69, 9.17) is 30.2 Å². The normalized spacial score (nSPS) is 16.9. The highest BCUT2D eigenvalue weighted by Gasteiger charge is 2.45. The minimum atomic E-state index is -2.25. The molecule has 3 heterocycles. The van der Waals surface area contributed by atoms with Crippen molar-refractivity contribution in [2.75, 3.05) is 33.9 Å². The van der Waals surface area contributed by atoms with Gasteiger partial charge in [-0.2, -0.15) is 0 Å². The molecule has 0 unspecified atom stereocenters. The Balaban J connectivity index is 1.00. The lowest BCUT2D eigenvalue weighted by molar-refractivity contribution is -0.169. The number of aromatic amines is 1. The quantitative estimate of drug-likeness (QED) is 0.0382. The summed E-state index contributed by atoms with van der Waals surface area (Å²) in [4.78, 5) is 31.8. The lowest BCUT2D eigenvalue weighted by Gasteiger charge is -2.39. The van der Waals surface area contributed by atoms with Gasteiger partial charge in [0.2, 0.25) is 11.2 Å². The number of fused-ring (bicyclic) bond motifs is 1. The van der Waals surface area contributed by atoms with E-state index in [-0.39, 0.29) is 28.6 Å². The van der Waals surface area contributed by atoms with Crippen LogP contribution in [0, 0.1) is 0 Å². The summed E-state index contributed by atoms with van der Waals surface area (Å²) in [7, 11) is 1.49. The summed E-state index contributed by atoms with van der Waals surface area (Å²) in [6.07, 6.45) is 3.43. The molecule has 60 heavy (non-hydrogen) atoms. The van der Waals surface area contributed by atoms with Gasteiger partial charge in [0.25, 0.3) is 0 Å². The molecule has 1 aliphatic rings. The molecule has 15 heteroatoms. The number of benzene rings is 2. The van der Waals surface area contributed by atoms with E-state index in [1.807, 2.05) is 41.1 Å². The van der Waals surface area contributed by atoms with Crippen LogP contribution in [0.3, 0.4) is 0 Å². The maximum atomic E-state index is 13.4. The molecule has 0 aliphatic heterocycles. The number of aromatic hydroxyl groups is 1. The zero-order chi connectivity index (χ0) is 43.2. The van der Waals surface area contributed by atoms with Crippen LogP contribution in [0.2, 0.25) is 23.2 Å². The SMILES string of the molecule is COc1cc(OCCCN(C)C2CCC(OC(=O)C(O)(c3cccs3)c3cccs3)CC2)c(Cl)cc1CNC[C@H](O[Si](C)(C)C(C)(C)C)c1ccc(O)c2[nH]c(=O)ccc12. The number of hydrogen-bond donors (Lipinski definition) is 4. The van der Waals surface area contributed by atoms with Crippen molar-refractivity contribution in [2.24, 2.45) is 0 Å². The highest BCUT2D eigenvalue weighted by molar-refractivity contribution is 7.12. The molecule has 3 aromatic heterocycles. The Kier molecular flexibility index (Phi) is 14.9. The second-order valence-corrected chi connectivity index (χ2v) is 24.1. The number of rotatable bonds is 18. The minimum absolute atomic E-state index is 0.00875. The molecule has 1 aliphatic carbocycles. The zero-order valence-corrected chi connectivity index (χ0v) is 38.9. The molecule has 0 saturated heterocycles. The van der Waals surface area contributed by atoms with E-state index in [0.717, 1.165) is 55.2 Å². The molecule has 0 bridgehead atoms. The van der Waals surface area contributed by atoms with Crippen LogP contribution >= 0.6 is 34.3 Å². The Hall–Kier alpha value is -3.73. The molecule has 1 atom stereocenters. The van der Waals surface area contributed by atoms with Crippen molar-refractivity contribution >= 4 is 59.5 Å². The molecule has 1 saturated carbocycles. The van der Waals surface area contributed by atoms with Crippen molar-refractivity contribution in [3.05, 3.63) is 108 Å². The van der Waals surface area contributed by atoms with Crippen molar-refractivity contribution in [1.29, 1.82) is 0 Å². The Bertz CT molecular complexity index is 2220. The number of halogens is 1. The summed E-state index contributed by atoms with van der Waals surface area (Å²) in [5, 5.41) is 30.6. The van der Waals surface area contributed by atoms with Crippen molar-refractivity contribution in [1.82, 2.24) is 15.2 Å². The van der Waals surface area contributed by atoms with E-state index in [2.05, 4.69) is 56.1 Å². The van der Waals surface area contributed by atoms with Gasteiger partial charge in [0.15, 0.2) is 8.32 Å². The van der Waals surface area contributed by atoms with Crippen LogP contribution in [0.15, 0.2) is 76.2 Å². The number of pyridine rings is 1. The second-order valence-electron chi connectivity index (χ2n) is 17.1.